The molecule has 0 nitrogen and oxygen atoms in total. The number of hydrogen-bond acceptors (Lipinski definition) is 0. The van der Waals surface area contributed by atoms with Crippen LogP contribution < -0.4 is 0 Å². The van der Waals surface area contributed by atoms with Gasteiger partial charge in [0.2, 0.25) is 0 Å². The van der Waals surface area contributed by atoms with Crippen LogP contribution in [0.1, 0.15) is 104 Å². The third-order valence-corrected chi connectivity index (χ3v) is 5.58. The van der Waals surface area contributed by atoms with E-state index in [0.29, 0.717) is 5.41 Å². The van der Waals surface area contributed by atoms with Gasteiger partial charge in [-0.1, -0.05) is 65.2 Å². The molecule has 0 aromatic carbocycles. The first-order valence-electron chi connectivity index (χ1n) is 8.99. The molecule has 2 saturated carbocycles. The number of hydrogen-bond donors (Lipinski definition) is 0. The summed E-state index contributed by atoms with van der Waals surface area (Å²) in [5.74, 6) is 2.98. The molecular weight excluding hydrogens is 228 g/mol. The predicted octanol–water partition coefficient (Wildman–Crippen LogP) is 6.69. The Balaban J connectivity index is 1.76. The van der Waals surface area contributed by atoms with E-state index < -0.39 is 0 Å². The van der Waals surface area contributed by atoms with E-state index >= 15 is 0 Å². The monoisotopic (exact) mass is 263 g/mol. The third-order valence-electron chi connectivity index (χ3n) is 5.58. The molecule has 0 saturated heterocycles. The maximum Gasteiger partial charge on any atom is -0.0238 e. The molecule has 1 atom stereocenters. The standard InChI is InChI=1S/C19H35/c1-19(2)14-8-4-3-6-10-17-12-13-18(16-17)11-7-5-9-15-19/h17H,3-16H2,1-2H3. The summed E-state index contributed by atoms with van der Waals surface area (Å²) in [5.41, 5.74) is 0.603. The lowest BCUT2D eigenvalue weighted by Crippen LogP contribution is -2.11. The molecule has 0 aromatic rings. The summed E-state index contributed by atoms with van der Waals surface area (Å²) in [6, 6.07) is 0. The molecule has 0 aromatic heterocycles. The van der Waals surface area contributed by atoms with Gasteiger partial charge in [0.25, 0.3) is 0 Å². The minimum absolute atomic E-state index is 0.603. The highest BCUT2D eigenvalue weighted by Gasteiger charge is 2.24. The number of rotatable bonds is 0. The lowest BCUT2D eigenvalue weighted by atomic mass is 9.81. The molecular formula is C19H35. The van der Waals surface area contributed by atoms with Gasteiger partial charge in [0.15, 0.2) is 0 Å². The molecule has 2 bridgehead atoms. The Bertz CT molecular complexity index is 240. The zero-order valence-electron chi connectivity index (χ0n) is 13.5. The quantitative estimate of drug-likeness (QED) is 0.456. The lowest BCUT2D eigenvalue weighted by molar-refractivity contribution is 0.282. The predicted molar refractivity (Wildman–Crippen MR) is 85.2 cm³/mol. The van der Waals surface area contributed by atoms with Gasteiger partial charge in [-0.3, -0.25) is 0 Å². The molecule has 0 heterocycles. The van der Waals surface area contributed by atoms with Crippen molar-refractivity contribution in [3.8, 4) is 0 Å². The Labute approximate surface area is 121 Å². The molecule has 0 aliphatic heterocycles. The largest absolute Gasteiger partial charge is 0.0599 e. The fourth-order valence-corrected chi connectivity index (χ4v) is 4.16. The molecule has 0 amide bonds. The van der Waals surface area contributed by atoms with Gasteiger partial charge in [-0.2, -0.15) is 0 Å². The van der Waals surface area contributed by atoms with E-state index in [2.05, 4.69) is 13.8 Å². The van der Waals surface area contributed by atoms with Gasteiger partial charge < -0.3 is 0 Å². The van der Waals surface area contributed by atoms with Crippen LogP contribution in [0.3, 0.4) is 0 Å². The first kappa shape index (κ1) is 15.4. The average Bonchev–Trinajstić information content (AvgIpc) is 2.80. The summed E-state index contributed by atoms with van der Waals surface area (Å²) in [5, 5.41) is 0. The SMILES string of the molecule is CC1(C)CCCCCCC2CC[C](CCCCC1)C2. The number of fused-ring (bicyclic) bond motifs is 2. The van der Waals surface area contributed by atoms with E-state index in [1.54, 1.807) is 0 Å². The van der Waals surface area contributed by atoms with E-state index in [1.807, 2.05) is 5.92 Å². The second-order valence-electron chi connectivity index (χ2n) is 8.04. The first-order chi connectivity index (χ1) is 9.16. The molecule has 0 heteroatoms. The summed E-state index contributed by atoms with van der Waals surface area (Å²) in [4.78, 5) is 0. The average molecular weight is 263 g/mol. The zero-order valence-corrected chi connectivity index (χ0v) is 13.5. The van der Waals surface area contributed by atoms with Crippen molar-refractivity contribution in [2.24, 2.45) is 11.3 Å². The third kappa shape index (κ3) is 5.88. The summed E-state index contributed by atoms with van der Waals surface area (Å²) in [7, 11) is 0. The van der Waals surface area contributed by atoms with E-state index in [9.17, 15) is 0 Å². The fourth-order valence-electron chi connectivity index (χ4n) is 4.16. The van der Waals surface area contributed by atoms with Crippen molar-refractivity contribution in [1.82, 2.24) is 0 Å². The van der Waals surface area contributed by atoms with Gasteiger partial charge in [0.05, 0.1) is 0 Å². The van der Waals surface area contributed by atoms with Crippen LogP contribution in [0.25, 0.3) is 0 Å². The Kier molecular flexibility index (Phi) is 6.23. The van der Waals surface area contributed by atoms with Crippen LogP contribution >= 0.6 is 0 Å². The van der Waals surface area contributed by atoms with Crippen LogP contribution in [0.5, 0.6) is 0 Å². The molecule has 2 rings (SSSR count). The van der Waals surface area contributed by atoms with Gasteiger partial charge in [0, 0.05) is 0 Å². The fraction of sp³-hybridized carbons (Fsp3) is 0.947. The zero-order chi connectivity index (χ0) is 13.6. The topological polar surface area (TPSA) is 0 Å². The van der Waals surface area contributed by atoms with Crippen molar-refractivity contribution in [3.05, 3.63) is 5.92 Å². The first-order valence-corrected chi connectivity index (χ1v) is 8.99. The van der Waals surface area contributed by atoms with Crippen LogP contribution in [0.2, 0.25) is 0 Å². The molecule has 111 valence electrons. The van der Waals surface area contributed by atoms with Crippen LogP contribution in [0, 0.1) is 17.3 Å². The van der Waals surface area contributed by atoms with Crippen LogP contribution in [0.4, 0.5) is 0 Å². The van der Waals surface area contributed by atoms with Crippen molar-refractivity contribution < 1.29 is 0 Å². The minimum atomic E-state index is 0.603. The molecule has 2 fully saturated rings. The van der Waals surface area contributed by atoms with Crippen LogP contribution in [-0.4, -0.2) is 0 Å². The van der Waals surface area contributed by atoms with Crippen LogP contribution in [0.15, 0.2) is 0 Å². The molecule has 1 radical (unpaired) electrons. The second-order valence-corrected chi connectivity index (χ2v) is 8.04. The molecule has 1 unspecified atom stereocenters. The van der Waals surface area contributed by atoms with Gasteiger partial charge in [-0.05, 0) is 55.8 Å². The van der Waals surface area contributed by atoms with Crippen molar-refractivity contribution in [2.75, 3.05) is 0 Å². The second kappa shape index (κ2) is 7.70. The normalized spacial score (nSPS) is 31.6. The highest BCUT2D eigenvalue weighted by atomic mass is 14.3. The Hall–Kier alpha value is 0. The van der Waals surface area contributed by atoms with E-state index in [0.717, 1.165) is 5.92 Å². The summed E-state index contributed by atoms with van der Waals surface area (Å²) in [6.07, 6.45) is 20.7. The van der Waals surface area contributed by atoms with E-state index in [-0.39, 0.29) is 0 Å². The van der Waals surface area contributed by atoms with Crippen molar-refractivity contribution in [2.45, 2.75) is 104 Å². The van der Waals surface area contributed by atoms with Gasteiger partial charge in [-0.15, -0.1) is 0 Å². The highest BCUT2D eigenvalue weighted by molar-refractivity contribution is 4.97. The summed E-state index contributed by atoms with van der Waals surface area (Å²) < 4.78 is 0. The molecule has 0 spiro atoms. The summed E-state index contributed by atoms with van der Waals surface area (Å²) in [6.45, 7) is 4.98. The Morgan fingerprint density at radius 1 is 0.737 bits per heavy atom. The van der Waals surface area contributed by atoms with Crippen molar-refractivity contribution in [3.63, 3.8) is 0 Å². The highest BCUT2D eigenvalue weighted by Crippen LogP contribution is 2.39. The maximum atomic E-state index is 2.49. The van der Waals surface area contributed by atoms with Crippen molar-refractivity contribution >= 4 is 0 Å². The Morgan fingerprint density at radius 3 is 2.21 bits per heavy atom. The molecule has 2 aliphatic carbocycles. The van der Waals surface area contributed by atoms with Crippen LogP contribution in [-0.2, 0) is 0 Å². The van der Waals surface area contributed by atoms with Crippen molar-refractivity contribution in [1.29, 1.82) is 0 Å². The van der Waals surface area contributed by atoms with E-state index in [1.165, 1.54) is 89.9 Å². The Morgan fingerprint density at radius 2 is 1.42 bits per heavy atom. The molecule has 2 aliphatic rings. The summed E-state index contributed by atoms with van der Waals surface area (Å²) >= 11 is 0. The molecule has 19 heavy (non-hydrogen) atoms. The molecule has 0 N–H and O–H groups in total. The van der Waals surface area contributed by atoms with Gasteiger partial charge in [-0.25, -0.2) is 0 Å². The van der Waals surface area contributed by atoms with Gasteiger partial charge in [0.1, 0.15) is 0 Å². The maximum absolute atomic E-state index is 2.49. The van der Waals surface area contributed by atoms with E-state index in [4.69, 9.17) is 0 Å². The smallest absolute Gasteiger partial charge is 0.0238 e. The van der Waals surface area contributed by atoms with Gasteiger partial charge >= 0.3 is 0 Å². The lowest BCUT2D eigenvalue weighted by Gasteiger charge is -2.24. The minimum Gasteiger partial charge on any atom is -0.0599 e.